The maximum atomic E-state index is 13.5. The Morgan fingerprint density at radius 1 is 1.33 bits per heavy atom. The van der Waals surface area contributed by atoms with Crippen molar-refractivity contribution in [3.63, 3.8) is 0 Å². The molecule has 136 valence electrons. The standard InChI is InChI=1S/C15H23FN2O5S/c1-4-18(11-15(19)17-8-5-9-22-2)24(20,21)14-10-12(16)6-7-13(14)23-3/h6-7,10H,4-5,8-9,11H2,1-3H3,(H,17,19). The van der Waals surface area contributed by atoms with Crippen molar-refractivity contribution in [1.29, 1.82) is 0 Å². The summed E-state index contributed by atoms with van der Waals surface area (Å²) in [5.41, 5.74) is 0. The minimum Gasteiger partial charge on any atom is -0.495 e. The van der Waals surface area contributed by atoms with E-state index in [0.717, 1.165) is 16.4 Å². The molecular formula is C15H23FN2O5S. The van der Waals surface area contributed by atoms with Crippen LogP contribution < -0.4 is 10.1 Å². The number of rotatable bonds is 10. The molecule has 0 spiro atoms. The zero-order valence-electron chi connectivity index (χ0n) is 14.0. The Balaban J connectivity index is 2.90. The van der Waals surface area contributed by atoms with E-state index in [2.05, 4.69) is 5.32 Å². The lowest BCUT2D eigenvalue weighted by molar-refractivity contribution is -0.121. The summed E-state index contributed by atoms with van der Waals surface area (Å²) < 4.78 is 49.7. The molecule has 7 nitrogen and oxygen atoms in total. The Morgan fingerprint density at radius 3 is 2.62 bits per heavy atom. The largest absolute Gasteiger partial charge is 0.495 e. The van der Waals surface area contributed by atoms with Crippen molar-refractivity contribution in [3.05, 3.63) is 24.0 Å². The Kier molecular flexibility index (Phi) is 8.09. The lowest BCUT2D eigenvalue weighted by Gasteiger charge is -2.21. The summed E-state index contributed by atoms with van der Waals surface area (Å²) in [7, 11) is -1.21. The van der Waals surface area contributed by atoms with Gasteiger partial charge in [0.2, 0.25) is 15.9 Å². The van der Waals surface area contributed by atoms with Crippen LogP contribution in [0.25, 0.3) is 0 Å². The summed E-state index contributed by atoms with van der Waals surface area (Å²) in [5.74, 6) is -1.11. The zero-order chi connectivity index (χ0) is 18.2. The van der Waals surface area contributed by atoms with E-state index in [-0.39, 0.29) is 23.7 Å². The molecule has 0 aliphatic carbocycles. The van der Waals surface area contributed by atoms with E-state index in [1.165, 1.54) is 13.2 Å². The van der Waals surface area contributed by atoms with Crippen LogP contribution in [0, 0.1) is 5.82 Å². The van der Waals surface area contributed by atoms with Gasteiger partial charge in [-0.25, -0.2) is 12.8 Å². The summed E-state index contributed by atoms with van der Waals surface area (Å²) >= 11 is 0. The van der Waals surface area contributed by atoms with Crippen LogP contribution in [-0.2, 0) is 19.6 Å². The van der Waals surface area contributed by atoms with Crippen molar-refractivity contribution in [2.75, 3.05) is 40.5 Å². The van der Waals surface area contributed by atoms with Crippen molar-refractivity contribution in [3.8, 4) is 5.75 Å². The SMILES string of the molecule is CCN(CC(=O)NCCCOC)S(=O)(=O)c1cc(F)ccc1OC. The number of ether oxygens (including phenoxy) is 2. The van der Waals surface area contributed by atoms with Crippen LogP contribution in [0.3, 0.4) is 0 Å². The molecule has 1 aromatic carbocycles. The van der Waals surface area contributed by atoms with Gasteiger partial charge in [0.05, 0.1) is 13.7 Å². The van der Waals surface area contributed by atoms with Crippen molar-refractivity contribution in [1.82, 2.24) is 9.62 Å². The predicted octanol–water partition coefficient (Wildman–Crippen LogP) is 0.998. The first-order valence-electron chi connectivity index (χ1n) is 7.46. The lowest BCUT2D eigenvalue weighted by Crippen LogP contribution is -2.41. The first-order valence-corrected chi connectivity index (χ1v) is 8.90. The highest BCUT2D eigenvalue weighted by molar-refractivity contribution is 7.89. The second-order valence-electron chi connectivity index (χ2n) is 4.92. The number of nitrogens with zero attached hydrogens (tertiary/aromatic N) is 1. The Hall–Kier alpha value is -1.71. The van der Waals surface area contributed by atoms with Crippen LogP contribution in [0.15, 0.2) is 23.1 Å². The fourth-order valence-electron chi connectivity index (χ4n) is 2.02. The van der Waals surface area contributed by atoms with Crippen LogP contribution in [-0.4, -0.2) is 59.1 Å². The average molecular weight is 362 g/mol. The van der Waals surface area contributed by atoms with Crippen LogP contribution in [0.1, 0.15) is 13.3 Å². The van der Waals surface area contributed by atoms with Gasteiger partial charge in [0, 0.05) is 26.8 Å². The van der Waals surface area contributed by atoms with E-state index in [1.807, 2.05) is 0 Å². The van der Waals surface area contributed by atoms with E-state index in [9.17, 15) is 17.6 Å². The molecule has 1 N–H and O–H groups in total. The highest BCUT2D eigenvalue weighted by Gasteiger charge is 2.28. The van der Waals surface area contributed by atoms with E-state index in [0.29, 0.717) is 19.6 Å². The van der Waals surface area contributed by atoms with E-state index < -0.39 is 21.7 Å². The third-order valence-corrected chi connectivity index (χ3v) is 5.21. The summed E-state index contributed by atoms with van der Waals surface area (Å²) in [6.07, 6.45) is 0.624. The van der Waals surface area contributed by atoms with Gasteiger partial charge in [-0.1, -0.05) is 6.92 Å². The average Bonchev–Trinajstić information content (AvgIpc) is 2.56. The Labute approximate surface area is 141 Å². The van der Waals surface area contributed by atoms with Crippen molar-refractivity contribution >= 4 is 15.9 Å². The van der Waals surface area contributed by atoms with Crippen LogP contribution in [0.5, 0.6) is 5.75 Å². The Bertz CT molecular complexity index is 651. The van der Waals surface area contributed by atoms with Gasteiger partial charge in [-0.2, -0.15) is 4.31 Å². The molecule has 0 aliphatic rings. The summed E-state index contributed by atoms with van der Waals surface area (Å²) in [4.78, 5) is 11.6. The maximum Gasteiger partial charge on any atom is 0.247 e. The van der Waals surface area contributed by atoms with Gasteiger partial charge in [-0.05, 0) is 24.6 Å². The number of likely N-dealkylation sites (N-methyl/N-ethyl adjacent to an activating group) is 1. The second kappa shape index (κ2) is 9.55. The van der Waals surface area contributed by atoms with Crippen molar-refractivity contribution in [2.24, 2.45) is 0 Å². The molecule has 0 heterocycles. The first-order chi connectivity index (χ1) is 11.4. The number of hydrogen-bond donors (Lipinski definition) is 1. The normalized spacial score (nSPS) is 11.5. The monoisotopic (exact) mass is 362 g/mol. The third kappa shape index (κ3) is 5.43. The van der Waals surface area contributed by atoms with Crippen LogP contribution in [0.2, 0.25) is 0 Å². The van der Waals surface area contributed by atoms with Gasteiger partial charge in [-0.15, -0.1) is 0 Å². The summed E-state index contributed by atoms with van der Waals surface area (Å²) in [5, 5.41) is 2.62. The molecule has 0 bridgehead atoms. The summed E-state index contributed by atoms with van der Waals surface area (Å²) in [6, 6.07) is 3.23. The van der Waals surface area contributed by atoms with E-state index >= 15 is 0 Å². The summed E-state index contributed by atoms with van der Waals surface area (Å²) in [6.45, 7) is 2.19. The number of halogens is 1. The maximum absolute atomic E-state index is 13.5. The van der Waals surface area contributed by atoms with Gasteiger partial charge < -0.3 is 14.8 Å². The van der Waals surface area contributed by atoms with Gasteiger partial charge in [0.25, 0.3) is 0 Å². The molecular weight excluding hydrogens is 339 g/mol. The third-order valence-electron chi connectivity index (χ3n) is 3.26. The zero-order valence-corrected chi connectivity index (χ0v) is 14.9. The molecule has 0 radical (unpaired) electrons. The molecule has 24 heavy (non-hydrogen) atoms. The van der Waals surface area contributed by atoms with Gasteiger partial charge in [-0.3, -0.25) is 4.79 Å². The van der Waals surface area contributed by atoms with Crippen molar-refractivity contribution < 1.29 is 27.1 Å². The number of benzene rings is 1. The molecule has 0 fully saturated rings. The smallest absolute Gasteiger partial charge is 0.247 e. The molecule has 0 unspecified atom stereocenters. The number of methoxy groups -OCH3 is 2. The predicted molar refractivity (Wildman–Crippen MR) is 86.9 cm³/mol. The minimum atomic E-state index is -4.06. The molecule has 1 rings (SSSR count). The number of carbonyl (C=O) groups excluding carboxylic acids is 1. The fourth-order valence-corrected chi connectivity index (χ4v) is 3.59. The number of hydrogen-bond acceptors (Lipinski definition) is 5. The lowest BCUT2D eigenvalue weighted by atomic mass is 10.3. The molecule has 0 atom stereocenters. The van der Waals surface area contributed by atoms with E-state index in [1.54, 1.807) is 14.0 Å². The van der Waals surface area contributed by atoms with E-state index in [4.69, 9.17) is 9.47 Å². The number of sulfonamides is 1. The van der Waals surface area contributed by atoms with Crippen molar-refractivity contribution in [2.45, 2.75) is 18.2 Å². The molecule has 1 amide bonds. The Morgan fingerprint density at radius 2 is 2.04 bits per heavy atom. The van der Waals surface area contributed by atoms with Crippen LogP contribution in [0.4, 0.5) is 4.39 Å². The number of carbonyl (C=O) groups is 1. The van der Waals surface area contributed by atoms with Gasteiger partial charge in [0.1, 0.15) is 16.5 Å². The highest BCUT2D eigenvalue weighted by Crippen LogP contribution is 2.27. The molecule has 0 aliphatic heterocycles. The molecule has 0 saturated heterocycles. The van der Waals surface area contributed by atoms with Crippen LogP contribution >= 0.6 is 0 Å². The topological polar surface area (TPSA) is 84.9 Å². The van der Waals surface area contributed by atoms with Gasteiger partial charge in [0.15, 0.2) is 0 Å². The van der Waals surface area contributed by atoms with Gasteiger partial charge >= 0.3 is 0 Å². The molecule has 0 aromatic heterocycles. The molecule has 0 saturated carbocycles. The molecule has 9 heteroatoms. The first kappa shape index (κ1) is 20.3. The quantitative estimate of drug-likeness (QED) is 0.628. The second-order valence-corrected chi connectivity index (χ2v) is 6.83. The highest BCUT2D eigenvalue weighted by atomic mass is 32.2. The number of amides is 1. The minimum absolute atomic E-state index is 0.0235. The number of nitrogens with one attached hydrogen (secondary N) is 1. The molecule has 1 aromatic rings. The fraction of sp³-hybridized carbons (Fsp3) is 0.533.